The number of carbonyl (C=O) groups excluding carboxylic acids is 1. The molecule has 1 aromatic rings. The van der Waals surface area contributed by atoms with Gasteiger partial charge in [-0.3, -0.25) is 0 Å². The van der Waals surface area contributed by atoms with Crippen molar-refractivity contribution in [1.29, 1.82) is 0 Å². The van der Waals surface area contributed by atoms with Crippen molar-refractivity contribution in [2.45, 2.75) is 33.2 Å². The molecule has 0 radical (unpaired) electrons. The van der Waals surface area contributed by atoms with Crippen LogP contribution in [0.1, 0.15) is 24.5 Å². The van der Waals surface area contributed by atoms with Crippen molar-refractivity contribution in [2.24, 2.45) is 0 Å². The fourth-order valence-electron chi connectivity index (χ4n) is 1.96. The Morgan fingerprint density at radius 1 is 1.32 bits per heavy atom. The Morgan fingerprint density at radius 2 is 1.84 bits per heavy atom. The molecule has 0 saturated heterocycles. The number of nitrogens with zero attached hydrogens (tertiary/aromatic N) is 1. The van der Waals surface area contributed by atoms with Gasteiger partial charge in [-0.2, -0.15) is 0 Å². The van der Waals surface area contributed by atoms with E-state index >= 15 is 0 Å². The lowest BCUT2D eigenvalue weighted by Gasteiger charge is -2.24. The molecule has 19 heavy (non-hydrogen) atoms. The molecule has 1 rings (SSSR count). The number of nitrogens with one attached hydrogen (secondary N) is 1. The SMILES string of the molecule is CCC(C(=O)O)N(C)C(=O)Nc1c(C)cccc1C. The van der Waals surface area contributed by atoms with Gasteiger partial charge in [0.25, 0.3) is 0 Å². The number of benzene rings is 1. The van der Waals surface area contributed by atoms with Crippen molar-refractivity contribution in [3.63, 3.8) is 0 Å². The number of likely N-dealkylation sites (N-methyl/N-ethyl adjacent to an activating group) is 1. The summed E-state index contributed by atoms with van der Waals surface area (Å²) < 4.78 is 0. The van der Waals surface area contributed by atoms with E-state index in [1.165, 1.54) is 11.9 Å². The number of amides is 2. The Morgan fingerprint density at radius 3 is 2.26 bits per heavy atom. The molecule has 0 saturated carbocycles. The Balaban J connectivity index is 2.88. The van der Waals surface area contributed by atoms with Gasteiger partial charge in [0.15, 0.2) is 0 Å². The summed E-state index contributed by atoms with van der Waals surface area (Å²) in [6.45, 7) is 5.54. The second-order valence-electron chi connectivity index (χ2n) is 4.57. The topological polar surface area (TPSA) is 69.6 Å². The van der Waals surface area contributed by atoms with Crippen LogP contribution in [-0.2, 0) is 4.79 Å². The monoisotopic (exact) mass is 264 g/mol. The van der Waals surface area contributed by atoms with Crippen LogP contribution in [0, 0.1) is 13.8 Å². The van der Waals surface area contributed by atoms with Gasteiger partial charge in [0.2, 0.25) is 0 Å². The van der Waals surface area contributed by atoms with Gasteiger partial charge in [-0.05, 0) is 31.4 Å². The van der Waals surface area contributed by atoms with Gasteiger partial charge in [0.1, 0.15) is 6.04 Å². The van der Waals surface area contributed by atoms with Gasteiger partial charge in [-0.15, -0.1) is 0 Å². The van der Waals surface area contributed by atoms with Gasteiger partial charge in [-0.1, -0.05) is 25.1 Å². The summed E-state index contributed by atoms with van der Waals surface area (Å²) in [6.07, 6.45) is 0.367. The minimum Gasteiger partial charge on any atom is -0.480 e. The summed E-state index contributed by atoms with van der Waals surface area (Å²) >= 11 is 0. The number of aryl methyl sites for hydroxylation is 2. The van der Waals surface area contributed by atoms with E-state index in [-0.39, 0.29) is 0 Å². The Bertz CT molecular complexity index is 465. The third-order valence-electron chi connectivity index (χ3n) is 3.17. The largest absolute Gasteiger partial charge is 0.480 e. The number of carboxylic acid groups (broad SMARTS) is 1. The summed E-state index contributed by atoms with van der Waals surface area (Å²) in [5.74, 6) is -0.998. The van der Waals surface area contributed by atoms with E-state index in [9.17, 15) is 9.59 Å². The molecule has 1 aromatic carbocycles. The van der Waals surface area contributed by atoms with Crippen LogP contribution in [0.3, 0.4) is 0 Å². The Labute approximate surface area is 113 Å². The first-order valence-electron chi connectivity index (χ1n) is 6.21. The van der Waals surface area contributed by atoms with Gasteiger partial charge < -0.3 is 15.3 Å². The van der Waals surface area contributed by atoms with Crippen molar-refractivity contribution in [1.82, 2.24) is 4.90 Å². The Hall–Kier alpha value is -2.04. The molecule has 104 valence electrons. The zero-order valence-electron chi connectivity index (χ0n) is 11.7. The smallest absolute Gasteiger partial charge is 0.326 e. The highest BCUT2D eigenvalue weighted by Crippen LogP contribution is 2.20. The van der Waals surface area contributed by atoms with Crippen molar-refractivity contribution in [3.8, 4) is 0 Å². The van der Waals surface area contributed by atoms with Gasteiger partial charge >= 0.3 is 12.0 Å². The van der Waals surface area contributed by atoms with E-state index in [1.54, 1.807) is 6.92 Å². The first-order valence-corrected chi connectivity index (χ1v) is 6.21. The van der Waals surface area contributed by atoms with Gasteiger partial charge in [0.05, 0.1) is 0 Å². The molecule has 0 aliphatic rings. The minimum atomic E-state index is -0.998. The number of anilines is 1. The predicted molar refractivity (Wildman–Crippen MR) is 74.4 cm³/mol. The molecule has 1 unspecified atom stereocenters. The first-order chi connectivity index (χ1) is 8.88. The molecule has 0 heterocycles. The molecule has 2 amide bonds. The number of carbonyl (C=O) groups is 2. The molecule has 1 atom stereocenters. The lowest BCUT2D eigenvalue weighted by molar-refractivity contribution is -0.141. The van der Waals surface area contributed by atoms with Crippen LogP contribution >= 0.6 is 0 Å². The van der Waals surface area contributed by atoms with Crippen molar-refractivity contribution < 1.29 is 14.7 Å². The van der Waals surface area contributed by atoms with Crippen LogP contribution in [0.4, 0.5) is 10.5 Å². The summed E-state index contributed by atoms with van der Waals surface area (Å²) in [5, 5.41) is 11.8. The highest BCUT2D eigenvalue weighted by atomic mass is 16.4. The molecule has 0 bridgehead atoms. The normalized spacial score (nSPS) is 11.8. The van der Waals surface area contributed by atoms with E-state index in [4.69, 9.17) is 5.11 Å². The average Bonchev–Trinajstić information content (AvgIpc) is 2.34. The van der Waals surface area contributed by atoms with E-state index in [0.717, 1.165) is 16.8 Å². The average molecular weight is 264 g/mol. The molecule has 5 nitrogen and oxygen atoms in total. The molecule has 0 aliphatic carbocycles. The zero-order valence-corrected chi connectivity index (χ0v) is 11.7. The van der Waals surface area contributed by atoms with Gasteiger partial charge in [0, 0.05) is 12.7 Å². The van der Waals surface area contributed by atoms with E-state index < -0.39 is 18.0 Å². The number of para-hydroxylation sites is 1. The molecule has 2 N–H and O–H groups in total. The second-order valence-corrected chi connectivity index (χ2v) is 4.57. The third kappa shape index (κ3) is 3.47. The van der Waals surface area contributed by atoms with Crippen LogP contribution in [0.25, 0.3) is 0 Å². The zero-order chi connectivity index (χ0) is 14.6. The maximum Gasteiger partial charge on any atom is 0.326 e. The summed E-state index contributed by atoms with van der Waals surface area (Å²) in [5.41, 5.74) is 2.63. The van der Waals surface area contributed by atoms with Crippen molar-refractivity contribution in [2.75, 3.05) is 12.4 Å². The molecule has 5 heteroatoms. The predicted octanol–water partition coefficient (Wildman–Crippen LogP) is 2.63. The van der Waals surface area contributed by atoms with Crippen molar-refractivity contribution in [3.05, 3.63) is 29.3 Å². The van der Waals surface area contributed by atoms with Crippen LogP contribution in [-0.4, -0.2) is 35.1 Å². The molecular formula is C14H20N2O3. The van der Waals surface area contributed by atoms with Crippen molar-refractivity contribution >= 4 is 17.7 Å². The minimum absolute atomic E-state index is 0.367. The molecule has 0 aromatic heterocycles. The van der Waals surface area contributed by atoms with Crippen LogP contribution in [0.2, 0.25) is 0 Å². The Kier molecular flexibility index (Phi) is 4.92. The quantitative estimate of drug-likeness (QED) is 0.878. The van der Waals surface area contributed by atoms with E-state index in [1.807, 2.05) is 32.0 Å². The lowest BCUT2D eigenvalue weighted by Crippen LogP contribution is -2.44. The second kappa shape index (κ2) is 6.22. The standard InChI is InChI=1S/C14H20N2O3/c1-5-11(13(17)18)16(4)14(19)15-12-9(2)7-6-8-10(12)3/h6-8,11H,5H2,1-4H3,(H,15,19)(H,17,18). The van der Waals surface area contributed by atoms with Crippen LogP contribution in [0.5, 0.6) is 0 Å². The van der Waals surface area contributed by atoms with Crippen LogP contribution < -0.4 is 5.32 Å². The third-order valence-corrected chi connectivity index (χ3v) is 3.17. The number of hydrogen-bond acceptors (Lipinski definition) is 2. The summed E-state index contributed by atoms with van der Waals surface area (Å²) in [4.78, 5) is 24.3. The number of hydrogen-bond donors (Lipinski definition) is 2. The fourth-order valence-corrected chi connectivity index (χ4v) is 1.96. The summed E-state index contributed by atoms with van der Waals surface area (Å²) in [7, 11) is 1.49. The molecule has 0 aliphatic heterocycles. The maximum absolute atomic E-state index is 12.1. The fraction of sp³-hybridized carbons (Fsp3) is 0.429. The molecule has 0 fully saturated rings. The number of rotatable bonds is 4. The van der Waals surface area contributed by atoms with Crippen LogP contribution in [0.15, 0.2) is 18.2 Å². The maximum atomic E-state index is 12.1. The number of carboxylic acids is 1. The highest BCUT2D eigenvalue weighted by Gasteiger charge is 2.25. The first kappa shape index (κ1) is 15.0. The highest BCUT2D eigenvalue weighted by molar-refractivity contribution is 5.93. The molecule has 0 spiro atoms. The lowest BCUT2D eigenvalue weighted by atomic mass is 10.1. The van der Waals surface area contributed by atoms with E-state index in [0.29, 0.717) is 6.42 Å². The number of urea groups is 1. The summed E-state index contributed by atoms with van der Waals surface area (Å²) in [6, 6.07) is 4.49. The van der Waals surface area contributed by atoms with E-state index in [2.05, 4.69) is 5.32 Å². The molecular weight excluding hydrogens is 244 g/mol. The number of aliphatic carboxylic acids is 1. The van der Waals surface area contributed by atoms with Gasteiger partial charge in [-0.25, -0.2) is 9.59 Å².